The fraction of sp³-hybridized carbons (Fsp3) is 0.650. The summed E-state index contributed by atoms with van der Waals surface area (Å²) in [7, 11) is 0. The number of nitrogens with zero attached hydrogens (tertiary/aromatic N) is 1. The third kappa shape index (κ3) is 10.7. The van der Waals surface area contributed by atoms with Crippen molar-refractivity contribution in [1.82, 2.24) is 25.9 Å². The van der Waals surface area contributed by atoms with Crippen molar-refractivity contribution < 1.29 is 24.3 Å². The summed E-state index contributed by atoms with van der Waals surface area (Å²) in [6, 6.07) is -3.90. The zero-order valence-corrected chi connectivity index (χ0v) is 19.8. The number of carboxylic acids is 1. The molecule has 0 saturated carbocycles. The van der Waals surface area contributed by atoms with E-state index in [1.54, 1.807) is 11.8 Å². The fourth-order valence-electron chi connectivity index (χ4n) is 2.91. The van der Waals surface area contributed by atoms with Crippen molar-refractivity contribution in [2.75, 3.05) is 18.6 Å². The summed E-state index contributed by atoms with van der Waals surface area (Å²) < 4.78 is 0. The first-order valence-electron chi connectivity index (χ1n) is 10.7. The Morgan fingerprint density at radius 3 is 2.36 bits per heavy atom. The Bertz CT molecular complexity index is 762. The van der Waals surface area contributed by atoms with E-state index in [9.17, 15) is 24.3 Å². The van der Waals surface area contributed by atoms with E-state index in [-0.39, 0.29) is 12.8 Å². The molecule has 33 heavy (non-hydrogen) atoms. The number of hydrogen-bond acceptors (Lipinski definition) is 8. The number of aliphatic carboxylic acids is 1. The summed E-state index contributed by atoms with van der Waals surface area (Å²) in [6.07, 6.45) is 6.84. The van der Waals surface area contributed by atoms with Gasteiger partial charge in [-0.25, -0.2) is 9.78 Å². The van der Waals surface area contributed by atoms with Crippen molar-refractivity contribution in [3.05, 3.63) is 18.2 Å². The molecule has 12 nitrogen and oxygen atoms in total. The zero-order valence-electron chi connectivity index (χ0n) is 19.0. The monoisotopic (exact) mass is 485 g/mol. The van der Waals surface area contributed by atoms with Gasteiger partial charge in [0.15, 0.2) is 0 Å². The molecule has 3 amide bonds. The number of aromatic nitrogens is 2. The second-order valence-corrected chi connectivity index (χ2v) is 8.63. The Labute approximate surface area is 197 Å². The lowest BCUT2D eigenvalue weighted by Gasteiger charge is -2.23. The number of thioether (sulfide) groups is 1. The van der Waals surface area contributed by atoms with Gasteiger partial charge < -0.3 is 37.5 Å². The summed E-state index contributed by atoms with van der Waals surface area (Å²) in [5.41, 5.74) is 11.9. The molecule has 9 N–H and O–H groups in total. The highest BCUT2D eigenvalue weighted by Gasteiger charge is 2.28. The first-order chi connectivity index (χ1) is 15.7. The first-order valence-corrected chi connectivity index (χ1v) is 12.1. The molecule has 186 valence electrons. The van der Waals surface area contributed by atoms with Crippen LogP contribution >= 0.6 is 11.8 Å². The average Bonchev–Trinajstić information content (AvgIpc) is 3.29. The number of rotatable bonds is 16. The number of nitrogens with two attached hydrogens (primary N) is 2. The Hall–Kier alpha value is -2.64. The smallest absolute Gasteiger partial charge is 0.326 e. The largest absolute Gasteiger partial charge is 0.480 e. The van der Waals surface area contributed by atoms with E-state index in [0.29, 0.717) is 37.3 Å². The number of hydrogen-bond donors (Lipinski definition) is 7. The van der Waals surface area contributed by atoms with Crippen LogP contribution < -0.4 is 27.4 Å². The van der Waals surface area contributed by atoms with E-state index in [1.807, 2.05) is 6.26 Å². The van der Waals surface area contributed by atoms with Crippen molar-refractivity contribution in [1.29, 1.82) is 0 Å². The van der Waals surface area contributed by atoms with Crippen molar-refractivity contribution in [2.45, 2.75) is 63.2 Å². The summed E-state index contributed by atoms with van der Waals surface area (Å²) in [4.78, 5) is 56.0. The molecular formula is C20H35N7O5S. The number of carboxylic acid groups (broad SMARTS) is 1. The molecule has 1 aromatic heterocycles. The molecule has 0 fully saturated rings. The van der Waals surface area contributed by atoms with Crippen molar-refractivity contribution in [3.8, 4) is 0 Å². The molecule has 4 atom stereocenters. The maximum atomic E-state index is 12.9. The van der Waals surface area contributed by atoms with E-state index in [0.717, 1.165) is 0 Å². The Morgan fingerprint density at radius 2 is 1.79 bits per heavy atom. The second-order valence-electron chi connectivity index (χ2n) is 7.64. The lowest BCUT2D eigenvalue weighted by atomic mass is 10.1. The maximum Gasteiger partial charge on any atom is 0.326 e. The number of aromatic amines is 1. The number of unbranched alkanes of at least 4 members (excludes halogenated alkanes) is 1. The SMILES string of the molecule is CSCCC(N)C(=O)NC(Cc1cnc[nH]1)C(=O)NC(C)C(=O)NC(CCCCN)C(=O)O. The van der Waals surface area contributed by atoms with E-state index in [1.165, 1.54) is 19.4 Å². The minimum Gasteiger partial charge on any atom is -0.480 e. The number of nitrogens with one attached hydrogen (secondary N) is 4. The van der Waals surface area contributed by atoms with Gasteiger partial charge in [-0.2, -0.15) is 11.8 Å². The van der Waals surface area contributed by atoms with Gasteiger partial charge in [0.2, 0.25) is 17.7 Å². The van der Waals surface area contributed by atoms with Gasteiger partial charge in [-0.3, -0.25) is 14.4 Å². The van der Waals surface area contributed by atoms with Crippen LogP contribution in [0.1, 0.15) is 38.3 Å². The molecule has 0 radical (unpaired) electrons. The van der Waals surface area contributed by atoms with Crippen LogP contribution in [0.2, 0.25) is 0 Å². The van der Waals surface area contributed by atoms with Gasteiger partial charge in [0.1, 0.15) is 18.1 Å². The molecular weight excluding hydrogens is 450 g/mol. The Balaban J connectivity index is 2.78. The number of imidazole rings is 1. The van der Waals surface area contributed by atoms with Crippen LogP contribution in [-0.2, 0) is 25.6 Å². The lowest BCUT2D eigenvalue weighted by Crippen LogP contribution is -2.57. The maximum absolute atomic E-state index is 12.9. The molecule has 0 aliphatic rings. The van der Waals surface area contributed by atoms with Crippen molar-refractivity contribution in [2.24, 2.45) is 11.5 Å². The average molecular weight is 486 g/mol. The molecule has 0 aliphatic heterocycles. The predicted octanol–water partition coefficient (Wildman–Crippen LogP) is -1.28. The van der Waals surface area contributed by atoms with E-state index < -0.39 is 47.9 Å². The molecule has 0 aliphatic carbocycles. The summed E-state index contributed by atoms with van der Waals surface area (Å²) >= 11 is 1.56. The van der Waals surface area contributed by atoms with Crippen molar-refractivity contribution in [3.63, 3.8) is 0 Å². The van der Waals surface area contributed by atoms with Gasteiger partial charge in [0.25, 0.3) is 0 Å². The van der Waals surface area contributed by atoms with Gasteiger partial charge in [-0.15, -0.1) is 0 Å². The fourth-order valence-corrected chi connectivity index (χ4v) is 3.40. The highest BCUT2D eigenvalue weighted by atomic mass is 32.2. The molecule has 0 bridgehead atoms. The molecule has 0 aromatic carbocycles. The van der Waals surface area contributed by atoms with Gasteiger partial charge >= 0.3 is 5.97 Å². The Morgan fingerprint density at radius 1 is 1.09 bits per heavy atom. The molecule has 1 aromatic rings. The lowest BCUT2D eigenvalue weighted by molar-refractivity contribution is -0.142. The molecule has 0 spiro atoms. The van der Waals surface area contributed by atoms with E-state index >= 15 is 0 Å². The van der Waals surface area contributed by atoms with Crippen LogP contribution in [0.3, 0.4) is 0 Å². The van der Waals surface area contributed by atoms with Crippen LogP contribution in [0.4, 0.5) is 0 Å². The number of carbonyl (C=O) groups is 4. The molecule has 4 unspecified atom stereocenters. The first kappa shape index (κ1) is 28.4. The van der Waals surface area contributed by atoms with Gasteiger partial charge in [-0.1, -0.05) is 0 Å². The second kappa shape index (κ2) is 15.2. The van der Waals surface area contributed by atoms with Crippen LogP contribution in [0, 0.1) is 0 Å². The Kier molecular flexibility index (Phi) is 13.1. The minimum absolute atomic E-state index is 0.109. The third-order valence-corrected chi connectivity index (χ3v) is 5.54. The minimum atomic E-state index is -1.16. The van der Waals surface area contributed by atoms with E-state index in [4.69, 9.17) is 11.5 Å². The van der Waals surface area contributed by atoms with E-state index in [2.05, 4.69) is 25.9 Å². The summed E-state index contributed by atoms with van der Waals surface area (Å²) in [5, 5.41) is 16.9. The normalized spacial score (nSPS) is 14.5. The molecule has 1 rings (SSSR count). The molecule has 1 heterocycles. The number of H-pyrrole nitrogens is 1. The topological polar surface area (TPSA) is 205 Å². The highest BCUT2D eigenvalue weighted by Crippen LogP contribution is 2.04. The van der Waals surface area contributed by atoms with Crippen LogP contribution in [0.5, 0.6) is 0 Å². The quantitative estimate of drug-likeness (QED) is 0.139. The third-order valence-electron chi connectivity index (χ3n) is 4.90. The van der Waals surface area contributed by atoms with Gasteiger partial charge in [0.05, 0.1) is 12.4 Å². The van der Waals surface area contributed by atoms with Crippen LogP contribution in [-0.4, -0.2) is 81.5 Å². The predicted molar refractivity (Wildman–Crippen MR) is 125 cm³/mol. The molecule has 0 saturated heterocycles. The number of carbonyl (C=O) groups excluding carboxylic acids is 3. The summed E-state index contributed by atoms with van der Waals surface area (Å²) in [5.74, 6) is -2.20. The molecule has 13 heteroatoms. The van der Waals surface area contributed by atoms with Crippen LogP contribution in [0.15, 0.2) is 12.5 Å². The van der Waals surface area contributed by atoms with Crippen LogP contribution in [0.25, 0.3) is 0 Å². The standard InChI is InChI=1S/C20H35N7O5S/c1-12(17(28)26-15(20(31)32)5-3-4-7-21)25-19(30)16(9-13-10-23-11-24-13)27-18(29)14(22)6-8-33-2/h10-12,14-16H,3-9,21-22H2,1-2H3,(H,23,24)(H,25,30)(H,26,28)(H,27,29)(H,31,32). The number of amides is 3. The summed E-state index contributed by atoms with van der Waals surface area (Å²) in [6.45, 7) is 1.86. The highest BCUT2D eigenvalue weighted by molar-refractivity contribution is 7.98. The zero-order chi connectivity index (χ0) is 24.8. The van der Waals surface area contributed by atoms with Gasteiger partial charge in [-0.05, 0) is 51.2 Å². The van der Waals surface area contributed by atoms with Crippen molar-refractivity contribution >= 4 is 35.5 Å². The van der Waals surface area contributed by atoms with Gasteiger partial charge in [0, 0.05) is 18.3 Å².